The molecule has 3 aromatic rings. The quantitative estimate of drug-likeness (QED) is 0.691. The highest BCUT2D eigenvalue weighted by Gasteiger charge is 2.07. The lowest BCUT2D eigenvalue weighted by Crippen LogP contribution is -2.14. The number of hydrogen-bond acceptors (Lipinski definition) is 2. The summed E-state index contributed by atoms with van der Waals surface area (Å²) < 4.78 is 12.8. The molecule has 21 heavy (non-hydrogen) atoms. The topological polar surface area (TPSA) is 65.1 Å². The summed E-state index contributed by atoms with van der Waals surface area (Å²) in [5.41, 5.74) is 1.34. The fraction of sp³-hybridized carbons (Fsp3) is 0.0625. The minimum Gasteiger partial charge on any atom is -0.494 e. The number of aromatic amines is 1. The average Bonchev–Trinajstić information content (AvgIpc) is 2.83. The first-order chi connectivity index (χ1) is 10.1. The van der Waals surface area contributed by atoms with Gasteiger partial charge in [0.25, 0.3) is 0 Å². The van der Waals surface area contributed by atoms with Gasteiger partial charge in [-0.05, 0) is 29.8 Å². The number of benzene rings is 2. The van der Waals surface area contributed by atoms with E-state index in [0.29, 0.717) is 11.1 Å². The molecule has 0 aliphatic rings. The molecule has 106 valence electrons. The molecule has 0 spiro atoms. The first-order valence-corrected chi connectivity index (χ1v) is 6.46. The summed E-state index contributed by atoms with van der Waals surface area (Å²) in [6.45, 7) is 0. The zero-order valence-electron chi connectivity index (χ0n) is 11.1. The van der Waals surface area contributed by atoms with Crippen LogP contribution in [0.5, 0.6) is 5.88 Å². The van der Waals surface area contributed by atoms with Gasteiger partial charge in [0.1, 0.15) is 5.82 Å². The van der Waals surface area contributed by atoms with Gasteiger partial charge in [0, 0.05) is 22.7 Å². The molecule has 0 fully saturated rings. The average molecular weight is 284 g/mol. The van der Waals surface area contributed by atoms with Crippen molar-refractivity contribution in [3.63, 3.8) is 0 Å². The van der Waals surface area contributed by atoms with Crippen molar-refractivity contribution < 1.29 is 14.3 Å². The van der Waals surface area contributed by atoms with Crippen LogP contribution < -0.4 is 5.32 Å². The number of aromatic nitrogens is 1. The van der Waals surface area contributed by atoms with E-state index in [0.717, 1.165) is 10.9 Å². The molecule has 0 unspecified atom stereocenters. The summed E-state index contributed by atoms with van der Waals surface area (Å²) in [7, 11) is 0. The minimum atomic E-state index is -0.326. The maximum Gasteiger partial charge on any atom is 0.228 e. The number of hydrogen-bond donors (Lipinski definition) is 3. The number of rotatable bonds is 3. The van der Waals surface area contributed by atoms with E-state index < -0.39 is 0 Å². The van der Waals surface area contributed by atoms with Crippen molar-refractivity contribution in [2.75, 3.05) is 5.32 Å². The van der Waals surface area contributed by atoms with E-state index >= 15 is 0 Å². The van der Waals surface area contributed by atoms with Crippen molar-refractivity contribution in [3.8, 4) is 5.88 Å². The van der Waals surface area contributed by atoms with Crippen LogP contribution in [-0.2, 0) is 11.2 Å². The van der Waals surface area contributed by atoms with Gasteiger partial charge in [-0.15, -0.1) is 0 Å². The van der Waals surface area contributed by atoms with E-state index in [1.807, 2.05) is 0 Å². The Morgan fingerprint density at radius 2 is 1.95 bits per heavy atom. The van der Waals surface area contributed by atoms with Gasteiger partial charge in [-0.2, -0.15) is 0 Å². The highest BCUT2D eigenvalue weighted by Crippen LogP contribution is 2.26. The normalized spacial score (nSPS) is 10.7. The second-order valence-electron chi connectivity index (χ2n) is 4.79. The van der Waals surface area contributed by atoms with Crippen LogP contribution in [0.15, 0.2) is 48.7 Å². The fourth-order valence-corrected chi connectivity index (χ4v) is 2.18. The molecule has 4 nitrogen and oxygen atoms in total. The molecule has 0 aliphatic carbocycles. The van der Waals surface area contributed by atoms with Crippen molar-refractivity contribution >= 4 is 22.4 Å². The molecule has 0 saturated carbocycles. The Balaban J connectivity index is 1.73. The Morgan fingerprint density at radius 3 is 2.71 bits per heavy atom. The highest BCUT2D eigenvalue weighted by atomic mass is 19.1. The number of anilines is 1. The third-order valence-corrected chi connectivity index (χ3v) is 3.23. The molecule has 3 rings (SSSR count). The zero-order chi connectivity index (χ0) is 14.8. The molecular formula is C16H13FN2O2. The molecule has 3 N–H and O–H groups in total. The number of fused-ring (bicyclic) bond motifs is 1. The highest BCUT2D eigenvalue weighted by molar-refractivity contribution is 5.96. The van der Waals surface area contributed by atoms with Crippen LogP contribution in [0, 0.1) is 5.82 Å². The predicted molar refractivity (Wildman–Crippen MR) is 78.7 cm³/mol. The van der Waals surface area contributed by atoms with Crippen LogP contribution in [0.25, 0.3) is 10.8 Å². The Morgan fingerprint density at radius 1 is 1.19 bits per heavy atom. The van der Waals surface area contributed by atoms with Gasteiger partial charge in [-0.1, -0.05) is 18.2 Å². The number of carbonyl (C=O) groups is 1. The van der Waals surface area contributed by atoms with Gasteiger partial charge in [0.15, 0.2) is 5.88 Å². The third kappa shape index (κ3) is 2.86. The maximum absolute atomic E-state index is 12.8. The van der Waals surface area contributed by atoms with Crippen LogP contribution in [-0.4, -0.2) is 16.0 Å². The summed E-state index contributed by atoms with van der Waals surface area (Å²) in [5.74, 6) is -0.455. The maximum atomic E-state index is 12.8. The molecule has 0 saturated heterocycles. The first kappa shape index (κ1) is 13.2. The monoisotopic (exact) mass is 284 g/mol. The van der Waals surface area contributed by atoms with Gasteiger partial charge in [0.2, 0.25) is 5.91 Å². The van der Waals surface area contributed by atoms with Gasteiger partial charge >= 0.3 is 0 Å². The number of halogens is 1. The molecular weight excluding hydrogens is 271 g/mol. The van der Waals surface area contributed by atoms with Crippen LogP contribution in [0.2, 0.25) is 0 Å². The summed E-state index contributed by atoms with van der Waals surface area (Å²) in [6.07, 6.45) is 1.85. The second kappa shape index (κ2) is 5.28. The Bertz CT molecular complexity index is 794. The van der Waals surface area contributed by atoms with Crippen LogP contribution in [0.1, 0.15) is 5.56 Å². The molecule has 1 heterocycles. The van der Waals surface area contributed by atoms with E-state index in [9.17, 15) is 14.3 Å². The number of aromatic hydroxyl groups is 1. The standard InChI is InChI=1S/C16H13FN2O2/c17-12-4-1-10(2-5-12)7-15(20)19-13-6-3-11-9-18-16(21)14(11)8-13/h1-6,8-9,18,21H,7H2,(H,19,20). The third-order valence-electron chi connectivity index (χ3n) is 3.23. The van der Waals surface area contributed by atoms with E-state index in [2.05, 4.69) is 10.3 Å². The molecule has 0 aliphatic heterocycles. The van der Waals surface area contributed by atoms with Crippen molar-refractivity contribution in [2.45, 2.75) is 6.42 Å². The number of amides is 1. The molecule has 0 atom stereocenters. The Kier molecular flexibility index (Phi) is 3.31. The van der Waals surface area contributed by atoms with Crippen molar-refractivity contribution in [3.05, 3.63) is 60.0 Å². The lowest BCUT2D eigenvalue weighted by molar-refractivity contribution is -0.115. The van der Waals surface area contributed by atoms with Crippen LogP contribution in [0.3, 0.4) is 0 Å². The van der Waals surface area contributed by atoms with Crippen molar-refractivity contribution in [1.82, 2.24) is 4.98 Å². The fourth-order valence-electron chi connectivity index (χ4n) is 2.18. The number of nitrogens with one attached hydrogen (secondary N) is 2. The summed E-state index contributed by atoms with van der Waals surface area (Å²) in [6, 6.07) is 11.1. The summed E-state index contributed by atoms with van der Waals surface area (Å²) in [5, 5.41) is 13.9. The SMILES string of the molecule is O=C(Cc1ccc(F)cc1)Nc1ccc2c[nH]c(O)c2c1. The minimum absolute atomic E-state index is 0.0691. The van der Waals surface area contributed by atoms with Gasteiger partial charge in [-0.25, -0.2) is 4.39 Å². The van der Waals surface area contributed by atoms with E-state index in [4.69, 9.17) is 0 Å². The lowest BCUT2D eigenvalue weighted by Gasteiger charge is -2.06. The van der Waals surface area contributed by atoms with Crippen molar-refractivity contribution in [2.24, 2.45) is 0 Å². The predicted octanol–water partition coefficient (Wildman–Crippen LogP) is 3.19. The zero-order valence-corrected chi connectivity index (χ0v) is 11.1. The molecule has 0 bridgehead atoms. The van der Waals surface area contributed by atoms with E-state index in [1.54, 1.807) is 36.5 Å². The van der Waals surface area contributed by atoms with E-state index in [1.165, 1.54) is 12.1 Å². The molecule has 1 aromatic heterocycles. The van der Waals surface area contributed by atoms with Gasteiger partial charge < -0.3 is 15.4 Å². The Hall–Kier alpha value is -2.82. The first-order valence-electron chi connectivity index (χ1n) is 6.46. The van der Waals surface area contributed by atoms with Crippen LogP contribution >= 0.6 is 0 Å². The number of carbonyl (C=O) groups excluding carboxylic acids is 1. The molecule has 0 radical (unpaired) electrons. The Labute approximate surface area is 120 Å². The van der Waals surface area contributed by atoms with Gasteiger partial charge in [-0.3, -0.25) is 4.79 Å². The van der Waals surface area contributed by atoms with Crippen molar-refractivity contribution in [1.29, 1.82) is 0 Å². The molecule has 1 amide bonds. The van der Waals surface area contributed by atoms with Crippen LogP contribution in [0.4, 0.5) is 10.1 Å². The smallest absolute Gasteiger partial charge is 0.228 e. The summed E-state index contributed by atoms with van der Waals surface area (Å²) >= 11 is 0. The largest absolute Gasteiger partial charge is 0.494 e. The van der Waals surface area contributed by atoms with E-state index in [-0.39, 0.29) is 24.0 Å². The molecule has 2 aromatic carbocycles. The summed E-state index contributed by atoms with van der Waals surface area (Å²) in [4.78, 5) is 14.7. The van der Waals surface area contributed by atoms with Gasteiger partial charge in [0.05, 0.1) is 6.42 Å². The number of H-pyrrole nitrogens is 1. The second-order valence-corrected chi connectivity index (χ2v) is 4.79. The molecule has 5 heteroatoms. The lowest BCUT2D eigenvalue weighted by atomic mass is 10.1.